The molecule has 7 nitrogen and oxygen atoms in total. The van der Waals surface area contributed by atoms with Gasteiger partial charge >= 0.3 is 6.18 Å². The van der Waals surface area contributed by atoms with Gasteiger partial charge in [0.2, 0.25) is 21.8 Å². The molecular weight excluding hydrogens is 483 g/mol. The summed E-state index contributed by atoms with van der Waals surface area (Å²) in [6.07, 6.45) is -2.84. The van der Waals surface area contributed by atoms with Crippen LogP contribution in [0.2, 0.25) is 0 Å². The van der Waals surface area contributed by atoms with E-state index >= 15 is 0 Å². The van der Waals surface area contributed by atoms with Crippen LogP contribution in [0.15, 0.2) is 59.5 Å². The van der Waals surface area contributed by atoms with Gasteiger partial charge < -0.3 is 10.2 Å². The molecule has 1 heterocycles. The Labute approximate surface area is 201 Å². The van der Waals surface area contributed by atoms with Crippen LogP contribution in [0, 0.1) is 5.92 Å². The highest BCUT2D eigenvalue weighted by atomic mass is 32.2. The second-order valence-electron chi connectivity index (χ2n) is 8.89. The predicted molar refractivity (Wildman–Crippen MR) is 121 cm³/mol. The molecule has 1 saturated heterocycles. The van der Waals surface area contributed by atoms with E-state index in [1.165, 1.54) is 0 Å². The molecule has 2 N–H and O–H groups in total. The van der Waals surface area contributed by atoms with E-state index in [1.807, 2.05) is 30.3 Å². The Bertz CT molecular complexity index is 1160. The summed E-state index contributed by atoms with van der Waals surface area (Å²) < 4.78 is 66.1. The van der Waals surface area contributed by atoms with Gasteiger partial charge in [0.05, 0.1) is 16.5 Å². The molecule has 2 amide bonds. The smallest absolute Gasteiger partial charge is 0.352 e. The van der Waals surface area contributed by atoms with Crippen molar-refractivity contribution in [2.75, 3.05) is 13.1 Å². The number of alkyl halides is 3. The number of amides is 2. The van der Waals surface area contributed by atoms with Gasteiger partial charge in [-0.05, 0) is 55.5 Å². The summed E-state index contributed by atoms with van der Waals surface area (Å²) in [7, 11) is -4.00. The molecule has 11 heteroatoms. The molecule has 4 rings (SSSR count). The number of nitrogens with one attached hydrogen (secondary N) is 2. The zero-order valence-electron chi connectivity index (χ0n) is 18.8. The summed E-state index contributed by atoms with van der Waals surface area (Å²) in [5.41, 5.74) is 0.00881. The first-order valence-electron chi connectivity index (χ1n) is 11.4. The summed E-state index contributed by atoms with van der Waals surface area (Å²) >= 11 is 0. The van der Waals surface area contributed by atoms with Gasteiger partial charge in [-0.15, -0.1) is 0 Å². The third kappa shape index (κ3) is 5.84. The van der Waals surface area contributed by atoms with Gasteiger partial charge in [-0.2, -0.15) is 13.2 Å². The molecule has 0 unspecified atom stereocenters. The van der Waals surface area contributed by atoms with Crippen LogP contribution in [-0.4, -0.2) is 44.3 Å². The third-order valence-corrected chi connectivity index (χ3v) is 8.08. The van der Waals surface area contributed by atoms with Crippen molar-refractivity contribution in [1.29, 1.82) is 0 Å². The summed E-state index contributed by atoms with van der Waals surface area (Å²) in [4.78, 5) is 26.7. The first kappa shape index (κ1) is 25.2. The molecule has 35 heavy (non-hydrogen) atoms. The molecule has 0 bridgehead atoms. The summed E-state index contributed by atoms with van der Waals surface area (Å²) in [5.74, 6) is -0.680. The Hall–Kier alpha value is -2.92. The molecule has 1 aliphatic heterocycles. The van der Waals surface area contributed by atoms with E-state index < -0.39 is 27.8 Å². The number of nitrogens with zero attached hydrogens (tertiary/aromatic N) is 1. The summed E-state index contributed by atoms with van der Waals surface area (Å²) in [5, 5.41) is 2.81. The average Bonchev–Trinajstić information content (AvgIpc) is 2.84. The maximum absolute atomic E-state index is 13.3. The molecule has 0 aromatic heterocycles. The molecule has 0 radical (unpaired) electrons. The lowest BCUT2D eigenvalue weighted by molar-refractivity contribution is -0.145. The number of halogens is 3. The first-order chi connectivity index (χ1) is 16.5. The van der Waals surface area contributed by atoms with Crippen LogP contribution in [0.3, 0.4) is 0 Å². The van der Waals surface area contributed by atoms with Crippen molar-refractivity contribution in [2.45, 2.75) is 48.8 Å². The molecule has 2 aliphatic rings. The average molecular weight is 510 g/mol. The molecule has 2 aromatic rings. The van der Waals surface area contributed by atoms with Crippen LogP contribution in [0.5, 0.6) is 0 Å². The monoisotopic (exact) mass is 509 g/mol. The molecule has 0 spiro atoms. The summed E-state index contributed by atoms with van der Waals surface area (Å²) in [6, 6.07) is 12.1. The zero-order valence-corrected chi connectivity index (χ0v) is 19.6. The van der Waals surface area contributed by atoms with Gasteiger partial charge in [-0.3, -0.25) is 9.59 Å². The molecule has 1 atom stereocenters. The minimum Gasteiger partial charge on any atom is -0.352 e. The number of hydrogen-bond donors (Lipinski definition) is 2. The maximum atomic E-state index is 13.3. The van der Waals surface area contributed by atoms with Gasteiger partial charge in [0.1, 0.15) is 6.54 Å². The Balaban J connectivity index is 1.38. The second-order valence-corrected chi connectivity index (χ2v) is 10.6. The van der Waals surface area contributed by atoms with E-state index in [1.54, 1.807) is 4.90 Å². The third-order valence-electron chi connectivity index (χ3n) is 6.54. The van der Waals surface area contributed by atoms with Gasteiger partial charge in [0.25, 0.3) is 0 Å². The van der Waals surface area contributed by atoms with Crippen molar-refractivity contribution in [3.05, 3.63) is 65.7 Å². The molecule has 1 saturated carbocycles. The van der Waals surface area contributed by atoms with E-state index in [-0.39, 0.29) is 35.2 Å². The zero-order chi connectivity index (χ0) is 25.2. The first-order valence-corrected chi connectivity index (χ1v) is 12.8. The van der Waals surface area contributed by atoms with E-state index in [0.717, 1.165) is 29.8 Å². The highest BCUT2D eigenvalue weighted by molar-refractivity contribution is 7.89. The standard InChI is InChI=1S/C24H26F3N3O4S/c25-24(26,27)18-8-12-20(13-9-18)35(33,34)29-19-10-6-17(7-11-19)23(32)30-15-22(31)28-14-21(30)16-4-2-1-3-5-16/h1-5,8-9,12-13,17,19,21,29H,6-7,10-11,14-15H2,(H,28,31)/t17-,19-,21-/m1/s1. The molecular formula is C24H26F3N3O4S. The number of carbonyl (C=O) groups is 2. The van der Waals surface area contributed by atoms with Crippen molar-refractivity contribution in [3.8, 4) is 0 Å². The number of carbonyl (C=O) groups excluding carboxylic acids is 2. The fraction of sp³-hybridized carbons (Fsp3) is 0.417. The normalized spacial score (nSPS) is 23.6. The fourth-order valence-electron chi connectivity index (χ4n) is 4.65. The number of sulfonamides is 1. The van der Waals surface area contributed by atoms with Crippen LogP contribution in [0.25, 0.3) is 0 Å². The topological polar surface area (TPSA) is 95.6 Å². The molecule has 188 valence electrons. The van der Waals surface area contributed by atoms with E-state index in [4.69, 9.17) is 0 Å². The van der Waals surface area contributed by atoms with E-state index in [9.17, 15) is 31.2 Å². The lowest BCUT2D eigenvalue weighted by Crippen LogP contribution is -2.54. The highest BCUT2D eigenvalue weighted by Gasteiger charge is 2.37. The van der Waals surface area contributed by atoms with Crippen molar-refractivity contribution >= 4 is 21.8 Å². The van der Waals surface area contributed by atoms with E-state index in [0.29, 0.717) is 32.2 Å². The molecule has 2 fully saturated rings. The van der Waals surface area contributed by atoms with Gasteiger partial charge in [0.15, 0.2) is 0 Å². The van der Waals surface area contributed by atoms with Gasteiger partial charge in [-0.25, -0.2) is 13.1 Å². The second kappa shape index (κ2) is 9.98. The van der Waals surface area contributed by atoms with Crippen LogP contribution in [-0.2, 0) is 25.8 Å². The van der Waals surface area contributed by atoms with Crippen LogP contribution < -0.4 is 10.0 Å². The number of piperazine rings is 1. The fourth-order valence-corrected chi connectivity index (χ4v) is 5.95. The largest absolute Gasteiger partial charge is 0.416 e. The maximum Gasteiger partial charge on any atom is 0.416 e. The van der Waals surface area contributed by atoms with Crippen molar-refractivity contribution < 1.29 is 31.2 Å². The van der Waals surface area contributed by atoms with Crippen molar-refractivity contribution in [2.24, 2.45) is 5.92 Å². The lowest BCUT2D eigenvalue weighted by atomic mass is 9.85. The Kier molecular flexibility index (Phi) is 7.18. The number of hydrogen-bond acceptors (Lipinski definition) is 4. The van der Waals surface area contributed by atoms with Gasteiger partial charge in [0, 0.05) is 18.5 Å². The predicted octanol–water partition coefficient (Wildman–Crippen LogP) is 3.24. The highest BCUT2D eigenvalue weighted by Crippen LogP contribution is 2.32. The SMILES string of the molecule is O=C1CN(C(=O)[C@H]2CC[C@H](NS(=O)(=O)c3ccc(C(F)(F)F)cc3)CC2)[C@@H](c2ccccc2)CN1. The summed E-state index contributed by atoms with van der Waals surface area (Å²) in [6.45, 7) is 0.301. The Morgan fingerprint density at radius 1 is 0.971 bits per heavy atom. The van der Waals surface area contributed by atoms with Crippen LogP contribution >= 0.6 is 0 Å². The van der Waals surface area contributed by atoms with E-state index in [2.05, 4.69) is 10.0 Å². The Morgan fingerprint density at radius 2 is 1.60 bits per heavy atom. The van der Waals surface area contributed by atoms with Crippen LogP contribution in [0.1, 0.15) is 42.9 Å². The van der Waals surface area contributed by atoms with Crippen molar-refractivity contribution in [1.82, 2.24) is 14.9 Å². The lowest BCUT2D eigenvalue weighted by Gasteiger charge is -2.39. The minimum absolute atomic E-state index is 0.0289. The minimum atomic E-state index is -4.55. The molecule has 2 aromatic carbocycles. The van der Waals surface area contributed by atoms with Gasteiger partial charge in [-0.1, -0.05) is 30.3 Å². The Morgan fingerprint density at radius 3 is 2.20 bits per heavy atom. The molecule has 1 aliphatic carbocycles. The number of rotatable bonds is 5. The van der Waals surface area contributed by atoms with Crippen molar-refractivity contribution in [3.63, 3.8) is 0 Å². The quantitative estimate of drug-likeness (QED) is 0.647. The van der Waals surface area contributed by atoms with Crippen LogP contribution in [0.4, 0.5) is 13.2 Å². The number of benzene rings is 2.